The molecular formula is C26H29N3O4. The van der Waals surface area contributed by atoms with Crippen LogP contribution < -0.4 is 16.0 Å². The second kappa shape index (κ2) is 12.4. The highest BCUT2D eigenvalue weighted by Gasteiger charge is 2.21. The van der Waals surface area contributed by atoms with Crippen LogP contribution in [-0.2, 0) is 32.1 Å². The maximum Gasteiger partial charge on any atom is 0.245 e. The highest BCUT2D eigenvalue weighted by molar-refractivity contribution is 5.91. The molecule has 0 spiro atoms. The van der Waals surface area contributed by atoms with Gasteiger partial charge in [0.2, 0.25) is 17.7 Å². The van der Waals surface area contributed by atoms with Gasteiger partial charge in [-0.3, -0.25) is 14.4 Å². The molecule has 0 fully saturated rings. The van der Waals surface area contributed by atoms with Gasteiger partial charge in [-0.05, 0) is 28.3 Å². The predicted octanol–water partition coefficient (Wildman–Crippen LogP) is 2.34. The van der Waals surface area contributed by atoms with Crippen molar-refractivity contribution < 1.29 is 19.1 Å². The van der Waals surface area contributed by atoms with Crippen LogP contribution in [-0.4, -0.2) is 44.0 Å². The maximum absolute atomic E-state index is 12.7. The van der Waals surface area contributed by atoms with Crippen molar-refractivity contribution in [1.82, 2.24) is 16.0 Å². The Morgan fingerprint density at radius 3 is 2.36 bits per heavy atom. The molecule has 0 aliphatic heterocycles. The lowest BCUT2D eigenvalue weighted by Gasteiger charge is -2.18. The molecule has 7 heteroatoms. The van der Waals surface area contributed by atoms with E-state index in [0.29, 0.717) is 13.0 Å². The molecule has 0 saturated heterocycles. The summed E-state index contributed by atoms with van der Waals surface area (Å²) in [6, 6.07) is 22.7. The Labute approximate surface area is 193 Å². The van der Waals surface area contributed by atoms with Crippen molar-refractivity contribution in [3.05, 3.63) is 83.9 Å². The van der Waals surface area contributed by atoms with E-state index in [0.717, 1.165) is 21.9 Å². The van der Waals surface area contributed by atoms with Crippen LogP contribution in [0.25, 0.3) is 10.8 Å². The van der Waals surface area contributed by atoms with E-state index in [2.05, 4.69) is 16.0 Å². The normalized spacial score (nSPS) is 11.5. The van der Waals surface area contributed by atoms with Crippen molar-refractivity contribution >= 4 is 28.5 Å². The molecule has 172 valence electrons. The summed E-state index contributed by atoms with van der Waals surface area (Å²) >= 11 is 0. The van der Waals surface area contributed by atoms with Crippen molar-refractivity contribution in [1.29, 1.82) is 0 Å². The number of nitrogens with one attached hydrogen (secondary N) is 3. The summed E-state index contributed by atoms with van der Waals surface area (Å²) in [5.74, 6) is -1.03. The van der Waals surface area contributed by atoms with Crippen LogP contribution in [0.2, 0.25) is 0 Å². The number of amides is 3. The lowest BCUT2D eigenvalue weighted by Crippen LogP contribution is -2.51. The van der Waals surface area contributed by atoms with E-state index >= 15 is 0 Å². The minimum Gasteiger partial charge on any atom is -0.382 e. The largest absolute Gasteiger partial charge is 0.382 e. The number of rotatable bonds is 11. The van der Waals surface area contributed by atoms with Gasteiger partial charge in [0.05, 0.1) is 13.2 Å². The number of hydrogen-bond donors (Lipinski definition) is 3. The molecule has 3 N–H and O–H groups in total. The molecule has 0 saturated carbocycles. The summed E-state index contributed by atoms with van der Waals surface area (Å²) in [6.45, 7) is 0.145. The minimum atomic E-state index is -0.862. The molecule has 3 aromatic rings. The number of fused-ring (bicyclic) bond motifs is 1. The zero-order chi connectivity index (χ0) is 23.5. The number of ether oxygens (including phenoxy) is 1. The molecule has 0 aromatic heterocycles. The number of aryl methyl sites for hydroxylation is 1. The monoisotopic (exact) mass is 447 g/mol. The second-order valence-corrected chi connectivity index (χ2v) is 7.69. The Morgan fingerprint density at radius 1 is 0.848 bits per heavy atom. The van der Waals surface area contributed by atoms with Gasteiger partial charge in [-0.2, -0.15) is 0 Å². The van der Waals surface area contributed by atoms with E-state index in [-0.39, 0.29) is 31.4 Å². The molecule has 7 nitrogen and oxygen atoms in total. The van der Waals surface area contributed by atoms with Gasteiger partial charge in [0, 0.05) is 20.1 Å². The summed E-state index contributed by atoms with van der Waals surface area (Å²) in [6.07, 6.45) is 0.876. The standard InChI is InChI=1S/C26H29N3O4/c1-33-18-23(26(32)28-16-21-12-7-11-20-10-5-6-13-22(20)21)29-25(31)17-27-24(30)15-14-19-8-3-2-4-9-19/h2-13,23H,14-18H2,1H3,(H,27,30)(H,28,32)(H,29,31). The molecule has 0 aliphatic rings. The summed E-state index contributed by atoms with van der Waals surface area (Å²) in [4.78, 5) is 37.0. The molecule has 3 amide bonds. The number of carbonyl (C=O) groups is 3. The molecule has 0 radical (unpaired) electrons. The van der Waals surface area contributed by atoms with Gasteiger partial charge in [0.15, 0.2) is 0 Å². The Hall–Kier alpha value is -3.71. The van der Waals surface area contributed by atoms with Crippen LogP contribution in [0.1, 0.15) is 17.5 Å². The van der Waals surface area contributed by atoms with Gasteiger partial charge in [0.25, 0.3) is 0 Å². The lowest BCUT2D eigenvalue weighted by atomic mass is 10.0. The fourth-order valence-electron chi connectivity index (χ4n) is 3.52. The zero-order valence-electron chi connectivity index (χ0n) is 18.7. The fourth-order valence-corrected chi connectivity index (χ4v) is 3.52. The molecule has 0 heterocycles. The van der Waals surface area contributed by atoms with Crippen LogP contribution in [0.5, 0.6) is 0 Å². The SMILES string of the molecule is COCC(NC(=O)CNC(=O)CCc1ccccc1)C(=O)NCc1cccc2ccccc12. The van der Waals surface area contributed by atoms with Crippen molar-refractivity contribution in [2.75, 3.05) is 20.3 Å². The average molecular weight is 448 g/mol. The van der Waals surface area contributed by atoms with Gasteiger partial charge < -0.3 is 20.7 Å². The first kappa shape index (κ1) is 23.9. The summed E-state index contributed by atoms with van der Waals surface area (Å²) in [7, 11) is 1.46. The molecular weight excluding hydrogens is 418 g/mol. The minimum absolute atomic E-state index is 0.0229. The number of carbonyl (C=O) groups excluding carboxylic acids is 3. The van der Waals surface area contributed by atoms with Crippen molar-refractivity contribution in [2.24, 2.45) is 0 Å². The smallest absolute Gasteiger partial charge is 0.245 e. The van der Waals surface area contributed by atoms with Gasteiger partial charge >= 0.3 is 0 Å². The molecule has 3 rings (SSSR count). The molecule has 1 unspecified atom stereocenters. The van der Waals surface area contributed by atoms with E-state index < -0.39 is 11.9 Å². The Balaban J connectivity index is 1.47. The van der Waals surface area contributed by atoms with E-state index in [4.69, 9.17) is 4.74 Å². The van der Waals surface area contributed by atoms with Crippen molar-refractivity contribution in [3.63, 3.8) is 0 Å². The average Bonchev–Trinajstić information content (AvgIpc) is 2.85. The molecule has 33 heavy (non-hydrogen) atoms. The van der Waals surface area contributed by atoms with Crippen LogP contribution >= 0.6 is 0 Å². The maximum atomic E-state index is 12.7. The highest BCUT2D eigenvalue weighted by atomic mass is 16.5. The summed E-state index contributed by atoms with van der Waals surface area (Å²) < 4.78 is 5.10. The zero-order valence-corrected chi connectivity index (χ0v) is 18.7. The third kappa shape index (κ3) is 7.43. The van der Waals surface area contributed by atoms with Crippen LogP contribution in [0.15, 0.2) is 72.8 Å². The first-order chi connectivity index (χ1) is 16.1. The molecule has 1 atom stereocenters. The lowest BCUT2D eigenvalue weighted by molar-refractivity contribution is -0.131. The van der Waals surface area contributed by atoms with E-state index in [9.17, 15) is 14.4 Å². The third-order valence-corrected chi connectivity index (χ3v) is 5.25. The van der Waals surface area contributed by atoms with E-state index in [1.165, 1.54) is 7.11 Å². The van der Waals surface area contributed by atoms with E-state index in [1.807, 2.05) is 72.8 Å². The third-order valence-electron chi connectivity index (χ3n) is 5.25. The van der Waals surface area contributed by atoms with Gasteiger partial charge in [-0.1, -0.05) is 72.8 Å². The Morgan fingerprint density at radius 2 is 1.58 bits per heavy atom. The van der Waals surface area contributed by atoms with Crippen molar-refractivity contribution in [3.8, 4) is 0 Å². The molecule has 3 aromatic carbocycles. The highest BCUT2D eigenvalue weighted by Crippen LogP contribution is 2.18. The second-order valence-electron chi connectivity index (χ2n) is 7.69. The summed E-state index contributed by atoms with van der Waals surface area (Å²) in [5, 5.41) is 10.2. The van der Waals surface area contributed by atoms with Gasteiger partial charge in [-0.15, -0.1) is 0 Å². The van der Waals surface area contributed by atoms with Crippen LogP contribution in [0.4, 0.5) is 0 Å². The van der Waals surface area contributed by atoms with E-state index in [1.54, 1.807) is 0 Å². The first-order valence-corrected chi connectivity index (χ1v) is 10.9. The van der Waals surface area contributed by atoms with Crippen LogP contribution in [0.3, 0.4) is 0 Å². The number of hydrogen-bond acceptors (Lipinski definition) is 4. The van der Waals surface area contributed by atoms with Gasteiger partial charge in [-0.25, -0.2) is 0 Å². The number of benzene rings is 3. The predicted molar refractivity (Wildman–Crippen MR) is 127 cm³/mol. The molecule has 0 bridgehead atoms. The Bertz CT molecular complexity index is 1080. The Kier molecular flexibility index (Phi) is 8.97. The molecule has 0 aliphatic carbocycles. The van der Waals surface area contributed by atoms with Crippen LogP contribution in [0, 0.1) is 0 Å². The van der Waals surface area contributed by atoms with Crippen molar-refractivity contribution in [2.45, 2.75) is 25.4 Å². The fraction of sp³-hybridized carbons (Fsp3) is 0.269. The quantitative estimate of drug-likeness (QED) is 0.420. The first-order valence-electron chi connectivity index (χ1n) is 10.9. The summed E-state index contributed by atoms with van der Waals surface area (Å²) in [5.41, 5.74) is 2.04. The van der Waals surface area contributed by atoms with Gasteiger partial charge in [0.1, 0.15) is 6.04 Å². The number of methoxy groups -OCH3 is 1. The topological polar surface area (TPSA) is 96.5 Å².